The molecule has 1 heterocycles. The van der Waals surface area contributed by atoms with Crippen LogP contribution in [0.2, 0.25) is 0 Å². The molecule has 0 amide bonds. The summed E-state index contributed by atoms with van der Waals surface area (Å²) in [6, 6.07) is 7.43. The zero-order valence-corrected chi connectivity index (χ0v) is 11.0. The van der Waals surface area contributed by atoms with Gasteiger partial charge < -0.3 is 14.3 Å². The molecule has 0 aliphatic heterocycles. The third-order valence-electron chi connectivity index (χ3n) is 2.69. The minimum atomic E-state index is 0.107. The molecule has 0 fully saturated rings. The van der Waals surface area contributed by atoms with E-state index in [1.54, 1.807) is 7.11 Å². The first kappa shape index (κ1) is 13.5. The van der Waals surface area contributed by atoms with Gasteiger partial charge in [-0.25, -0.2) is 0 Å². The summed E-state index contributed by atoms with van der Waals surface area (Å²) in [7, 11) is 3.50. The highest BCUT2D eigenvalue weighted by Gasteiger charge is 2.10. The van der Waals surface area contributed by atoms with Crippen molar-refractivity contribution in [3.63, 3.8) is 0 Å². The molecular weight excluding hydrogens is 246 g/mol. The summed E-state index contributed by atoms with van der Waals surface area (Å²) in [5, 5.41) is 16.8. The van der Waals surface area contributed by atoms with Gasteiger partial charge in [0.1, 0.15) is 5.75 Å². The van der Waals surface area contributed by atoms with E-state index in [0.29, 0.717) is 24.9 Å². The summed E-state index contributed by atoms with van der Waals surface area (Å²) < 4.78 is 10.7. The first-order valence-corrected chi connectivity index (χ1v) is 5.99. The van der Waals surface area contributed by atoms with Crippen LogP contribution in [0.25, 0.3) is 11.5 Å². The van der Waals surface area contributed by atoms with Gasteiger partial charge in [-0.2, -0.15) is 0 Å². The van der Waals surface area contributed by atoms with Gasteiger partial charge in [-0.1, -0.05) is 0 Å². The van der Waals surface area contributed by atoms with Crippen molar-refractivity contribution in [3.05, 3.63) is 30.2 Å². The summed E-state index contributed by atoms with van der Waals surface area (Å²) in [5.74, 6) is 1.79. The highest BCUT2D eigenvalue weighted by Crippen LogP contribution is 2.21. The van der Waals surface area contributed by atoms with E-state index in [9.17, 15) is 0 Å². The predicted molar refractivity (Wildman–Crippen MR) is 69.7 cm³/mol. The fourth-order valence-corrected chi connectivity index (χ4v) is 1.65. The molecule has 19 heavy (non-hydrogen) atoms. The summed E-state index contributed by atoms with van der Waals surface area (Å²) in [5.41, 5.74) is 0.851. The number of aromatic nitrogens is 2. The van der Waals surface area contributed by atoms with Gasteiger partial charge in [-0.05, 0) is 31.3 Å². The minimum Gasteiger partial charge on any atom is -0.497 e. The third-order valence-corrected chi connectivity index (χ3v) is 2.69. The Morgan fingerprint density at radius 1 is 1.26 bits per heavy atom. The number of hydrogen-bond acceptors (Lipinski definition) is 6. The fourth-order valence-electron chi connectivity index (χ4n) is 1.65. The van der Waals surface area contributed by atoms with E-state index < -0.39 is 0 Å². The average molecular weight is 263 g/mol. The van der Waals surface area contributed by atoms with Gasteiger partial charge >= 0.3 is 0 Å². The molecule has 6 heteroatoms. The van der Waals surface area contributed by atoms with E-state index in [2.05, 4.69) is 10.2 Å². The lowest BCUT2D eigenvalue weighted by molar-refractivity contribution is 0.206. The SMILES string of the molecule is COc1ccc(-c2nnc(CN(C)CCO)o2)cc1. The maximum Gasteiger partial charge on any atom is 0.247 e. The zero-order chi connectivity index (χ0) is 13.7. The van der Waals surface area contributed by atoms with Crippen LogP contribution in [-0.4, -0.2) is 47.5 Å². The van der Waals surface area contributed by atoms with Crippen LogP contribution in [-0.2, 0) is 6.54 Å². The van der Waals surface area contributed by atoms with Gasteiger partial charge in [0.25, 0.3) is 0 Å². The molecule has 2 aromatic rings. The summed E-state index contributed by atoms with van der Waals surface area (Å²) >= 11 is 0. The van der Waals surface area contributed by atoms with Crippen molar-refractivity contribution in [2.45, 2.75) is 6.54 Å². The molecule has 2 rings (SSSR count). The number of ether oxygens (including phenoxy) is 1. The van der Waals surface area contributed by atoms with Crippen LogP contribution in [0.3, 0.4) is 0 Å². The van der Waals surface area contributed by atoms with Gasteiger partial charge in [0.05, 0.1) is 20.3 Å². The second-order valence-electron chi connectivity index (χ2n) is 4.19. The Hall–Kier alpha value is -1.92. The first-order valence-electron chi connectivity index (χ1n) is 5.99. The topological polar surface area (TPSA) is 71.6 Å². The van der Waals surface area contributed by atoms with E-state index in [-0.39, 0.29) is 6.61 Å². The maximum atomic E-state index is 8.83. The van der Waals surface area contributed by atoms with Gasteiger partial charge in [-0.3, -0.25) is 4.90 Å². The molecule has 0 atom stereocenters. The molecular formula is C13H17N3O3. The highest BCUT2D eigenvalue weighted by atomic mass is 16.5. The molecule has 0 saturated carbocycles. The van der Waals surface area contributed by atoms with Crippen molar-refractivity contribution in [1.29, 1.82) is 0 Å². The van der Waals surface area contributed by atoms with E-state index in [0.717, 1.165) is 11.3 Å². The largest absolute Gasteiger partial charge is 0.497 e. The molecule has 0 aliphatic rings. The maximum absolute atomic E-state index is 8.83. The third kappa shape index (κ3) is 3.52. The van der Waals surface area contributed by atoms with Crippen LogP contribution >= 0.6 is 0 Å². The number of methoxy groups -OCH3 is 1. The summed E-state index contributed by atoms with van der Waals surface area (Å²) in [6.45, 7) is 1.19. The number of rotatable bonds is 6. The van der Waals surface area contributed by atoms with Crippen LogP contribution in [0.1, 0.15) is 5.89 Å². The molecule has 1 aromatic carbocycles. The second-order valence-corrected chi connectivity index (χ2v) is 4.19. The number of likely N-dealkylation sites (N-methyl/N-ethyl adjacent to an activating group) is 1. The van der Waals surface area contributed by atoms with Gasteiger partial charge in [-0.15, -0.1) is 10.2 Å². The number of nitrogens with zero attached hydrogens (tertiary/aromatic N) is 3. The molecule has 0 spiro atoms. The average Bonchev–Trinajstić information content (AvgIpc) is 2.87. The standard InChI is InChI=1S/C13H17N3O3/c1-16(7-8-17)9-12-14-15-13(19-12)10-3-5-11(18-2)6-4-10/h3-6,17H,7-9H2,1-2H3. The molecule has 0 aliphatic carbocycles. The smallest absolute Gasteiger partial charge is 0.247 e. The monoisotopic (exact) mass is 263 g/mol. The Labute approximate surface area is 111 Å². The lowest BCUT2D eigenvalue weighted by Gasteiger charge is -2.11. The van der Waals surface area contributed by atoms with Crippen molar-refractivity contribution in [3.8, 4) is 17.2 Å². The Morgan fingerprint density at radius 3 is 2.63 bits per heavy atom. The van der Waals surface area contributed by atoms with E-state index in [1.165, 1.54) is 0 Å². The van der Waals surface area contributed by atoms with Crippen LogP contribution in [0, 0.1) is 0 Å². The number of benzene rings is 1. The molecule has 0 bridgehead atoms. The number of aliphatic hydroxyl groups is 1. The summed E-state index contributed by atoms with van der Waals surface area (Å²) in [4.78, 5) is 1.91. The van der Waals surface area contributed by atoms with Crippen molar-refractivity contribution in [1.82, 2.24) is 15.1 Å². The molecule has 1 N–H and O–H groups in total. The first-order chi connectivity index (χ1) is 9.22. The Kier molecular flexibility index (Phi) is 4.48. The van der Waals surface area contributed by atoms with Gasteiger partial charge in [0.2, 0.25) is 11.8 Å². The van der Waals surface area contributed by atoms with Gasteiger partial charge in [0, 0.05) is 12.1 Å². The molecule has 0 unspecified atom stereocenters. The fraction of sp³-hybridized carbons (Fsp3) is 0.385. The van der Waals surface area contributed by atoms with Crippen molar-refractivity contribution >= 4 is 0 Å². The Bertz CT molecular complexity index is 510. The zero-order valence-electron chi connectivity index (χ0n) is 11.0. The Morgan fingerprint density at radius 2 is 2.00 bits per heavy atom. The van der Waals surface area contributed by atoms with Gasteiger partial charge in [0.15, 0.2) is 0 Å². The number of aliphatic hydroxyl groups excluding tert-OH is 1. The van der Waals surface area contributed by atoms with E-state index in [1.807, 2.05) is 36.2 Å². The molecule has 0 radical (unpaired) electrons. The van der Waals surface area contributed by atoms with Crippen molar-refractivity contribution in [2.75, 3.05) is 27.3 Å². The van der Waals surface area contributed by atoms with Crippen LogP contribution < -0.4 is 4.74 Å². The minimum absolute atomic E-state index is 0.107. The van der Waals surface area contributed by atoms with Crippen LogP contribution in [0.15, 0.2) is 28.7 Å². The lowest BCUT2D eigenvalue weighted by Crippen LogP contribution is -2.21. The number of hydrogen-bond donors (Lipinski definition) is 1. The molecule has 0 saturated heterocycles. The lowest BCUT2D eigenvalue weighted by atomic mass is 10.2. The van der Waals surface area contributed by atoms with Crippen LogP contribution in [0.4, 0.5) is 0 Å². The van der Waals surface area contributed by atoms with Crippen LogP contribution in [0.5, 0.6) is 5.75 Å². The predicted octanol–water partition coefficient (Wildman–Crippen LogP) is 1.17. The summed E-state index contributed by atoms with van der Waals surface area (Å²) in [6.07, 6.45) is 0. The molecule has 6 nitrogen and oxygen atoms in total. The van der Waals surface area contributed by atoms with E-state index in [4.69, 9.17) is 14.3 Å². The molecule has 102 valence electrons. The molecule has 1 aromatic heterocycles. The second kappa shape index (κ2) is 6.31. The van der Waals surface area contributed by atoms with Crippen molar-refractivity contribution in [2.24, 2.45) is 0 Å². The quantitative estimate of drug-likeness (QED) is 0.843. The van der Waals surface area contributed by atoms with Crippen molar-refractivity contribution < 1.29 is 14.3 Å². The normalized spacial score (nSPS) is 10.9. The van der Waals surface area contributed by atoms with E-state index >= 15 is 0 Å². The Balaban J connectivity index is 2.07. The highest BCUT2D eigenvalue weighted by molar-refractivity contribution is 5.53.